The molecule has 2 atom stereocenters. The standard InChI is InChI=1S/C20H20ClNO4/c21-15-7-4-13(5-8-15)19(22-10-2-1-3-16(22)20(23)24)14-6-9-17-18(11-14)26-12-25-17/h4-9,11,16,19H,1-3,10,12H2,(H,23,24). The molecule has 1 N–H and O–H groups in total. The molecule has 2 aliphatic rings. The van der Waals surface area contributed by atoms with Crippen LogP contribution in [0.25, 0.3) is 0 Å². The maximum absolute atomic E-state index is 11.9. The first-order chi connectivity index (χ1) is 12.6. The van der Waals surface area contributed by atoms with Gasteiger partial charge in [0.25, 0.3) is 0 Å². The van der Waals surface area contributed by atoms with Crippen molar-refractivity contribution >= 4 is 17.6 Å². The van der Waals surface area contributed by atoms with E-state index in [1.165, 1.54) is 0 Å². The third-order valence-corrected chi connectivity index (χ3v) is 5.31. The van der Waals surface area contributed by atoms with Crippen molar-refractivity contribution in [2.75, 3.05) is 13.3 Å². The average Bonchev–Trinajstić information content (AvgIpc) is 3.12. The van der Waals surface area contributed by atoms with Crippen molar-refractivity contribution in [3.8, 4) is 11.5 Å². The van der Waals surface area contributed by atoms with Crippen LogP contribution in [0, 0.1) is 0 Å². The van der Waals surface area contributed by atoms with Crippen LogP contribution in [0.3, 0.4) is 0 Å². The number of fused-ring (bicyclic) bond motifs is 1. The molecule has 6 heteroatoms. The number of carboxylic acids is 1. The summed E-state index contributed by atoms with van der Waals surface area (Å²) in [5, 5.41) is 10.4. The summed E-state index contributed by atoms with van der Waals surface area (Å²) in [7, 11) is 0. The molecule has 4 rings (SSSR count). The molecular formula is C20H20ClNO4. The quantitative estimate of drug-likeness (QED) is 0.874. The molecule has 136 valence electrons. The highest BCUT2D eigenvalue weighted by Crippen LogP contribution is 2.40. The molecule has 5 nitrogen and oxygen atoms in total. The van der Waals surface area contributed by atoms with Gasteiger partial charge in [0.15, 0.2) is 11.5 Å². The topological polar surface area (TPSA) is 59.0 Å². The Bertz CT molecular complexity index is 808. The second kappa shape index (κ2) is 7.17. The van der Waals surface area contributed by atoms with Gasteiger partial charge in [0.1, 0.15) is 6.04 Å². The van der Waals surface area contributed by atoms with Crippen molar-refractivity contribution in [3.05, 3.63) is 58.6 Å². The van der Waals surface area contributed by atoms with E-state index >= 15 is 0 Å². The molecule has 0 aromatic heterocycles. The van der Waals surface area contributed by atoms with Crippen molar-refractivity contribution in [2.45, 2.75) is 31.3 Å². The number of ether oxygens (including phenoxy) is 2. The molecule has 2 unspecified atom stereocenters. The highest BCUT2D eigenvalue weighted by atomic mass is 35.5. The Morgan fingerprint density at radius 3 is 2.58 bits per heavy atom. The molecule has 0 bridgehead atoms. The molecular weight excluding hydrogens is 354 g/mol. The number of rotatable bonds is 4. The van der Waals surface area contributed by atoms with Gasteiger partial charge in [-0.15, -0.1) is 0 Å². The summed E-state index contributed by atoms with van der Waals surface area (Å²) in [5.74, 6) is 0.645. The summed E-state index contributed by atoms with van der Waals surface area (Å²) >= 11 is 6.06. The Hall–Kier alpha value is -2.24. The van der Waals surface area contributed by atoms with Gasteiger partial charge in [0, 0.05) is 5.02 Å². The van der Waals surface area contributed by atoms with Gasteiger partial charge >= 0.3 is 5.97 Å². The fourth-order valence-corrected chi connectivity index (χ4v) is 3.96. The van der Waals surface area contributed by atoms with Gasteiger partial charge in [-0.3, -0.25) is 9.69 Å². The zero-order valence-electron chi connectivity index (χ0n) is 14.2. The van der Waals surface area contributed by atoms with Gasteiger partial charge in [-0.1, -0.05) is 36.2 Å². The highest BCUT2D eigenvalue weighted by Gasteiger charge is 2.35. The van der Waals surface area contributed by atoms with E-state index in [0.29, 0.717) is 17.2 Å². The first-order valence-electron chi connectivity index (χ1n) is 8.77. The lowest BCUT2D eigenvalue weighted by Crippen LogP contribution is -2.46. The Labute approximate surface area is 157 Å². The van der Waals surface area contributed by atoms with Crippen LogP contribution in [0.4, 0.5) is 0 Å². The first kappa shape index (κ1) is 17.2. The van der Waals surface area contributed by atoms with Crippen LogP contribution in [0.1, 0.15) is 36.4 Å². The lowest BCUT2D eigenvalue weighted by atomic mass is 9.91. The van der Waals surface area contributed by atoms with Crippen molar-refractivity contribution < 1.29 is 19.4 Å². The fourth-order valence-electron chi connectivity index (χ4n) is 3.83. The number of benzene rings is 2. The summed E-state index contributed by atoms with van der Waals surface area (Å²) in [6, 6.07) is 12.8. The van der Waals surface area contributed by atoms with E-state index in [0.717, 1.165) is 36.3 Å². The third kappa shape index (κ3) is 3.24. The van der Waals surface area contributed by atoms with Crippen LogP contribution in [0.2, 0.25) is 5.02 Å². The Morgan fingerprint density at radius 2 is 1.81 bits per heavy atom. The fraction of sp³-hybridized carbons (Fsp3) is 0.350. The second-order valence-electron chi connectivity index (χ2n) is 6.65. The summed E-state index contributed by atoms with van der Waals surface area (Å²) in [6.45, 7) is 0.949. The minimum atomic E-state index is -0.774. The van der Waals surface area contributed by atoms with Crippen LogP contribution in [0.5, 0.6) is 11.5 Å². The predicted molar refractivity (Wildman–Crippen MR) is 97.8 cm³/mol. The number of aliphatic carboxylic acids is 1. The molecule has 0 radical (unpaired) electrons. The van der Waals surface area contributed by atoms with E-state index in [1.807, 2.05) is 42.5 Å². The van der Waals surface area contributed by atoms with Crippen LogP contribution >= 0.6 is 11.6 Å². The SMILES string of the molecule is O=C(O)C1CCCCN1C(c1ccc(Cl)cc1)c1ccc2c(c1)OCO2. The molecule has 2 heterocycles. The number of nitrogens with zero attached hydrogens (tertiary/aromatic N) is 1. The van der Waals surface area contributed by atoms with Crippen molar-refractivity contribution in [1.82, 2.24) is 4.90 Å². The average molecular weight is 374 g/mol. The molecule has 1 fully saturated rings. The Morgan fingerprint density at radius 1 is 1.08 bits per heavy atom. The molecule has 2 aliphatic heterocycles. The van der Waals surface area contributed by atoms with Gasteiger partial charge in [-0.25, -0.2) is 0 Å². The second-order valence-corrected chi connectivity index (χ2v) is 7.09. The van der Waals surface area contributed by atoms with Crippen molar-refractivity contribution in [1.29, 1.82) is 0 Å². The van der Waals surface area contributed by atoms with E-state index in [1.54, 1.807) is 0 Å². The number of carbonyl (C=O) groups is 1. The zero-order chi connectivity index (χ0) is 18.1. The minimum Gasteiger partial charge on any atom is -0.480 e. The van der Waals surface area contributed by atoms with Crippen LogP contribution in [-0.2, 0) is 4.79 Å². The smallest absolute Gasteiger partial charge is 0.320 e. The van der Waals surface area contributed by atoms with Crippen molar-refractivity contribution in [2.24, 2.45) is 0 Å². The van der Waals surface area contributed by atoms with E-state index in [4.69, 9.17) is 21.1 Å². The monoisotopic (exact) mass is 373 g/mol. The summed E-state index contributed by atoms with van der Waals surface area (Å²) < 4.78 is 10.9. The van der Waals surface area contributed by atoms with Gasteiger partial charge in [-0.05, 0) is 54.8 Å². The van der Waals surface area contributed by atoms with Crippen LogP contribution in [-0.4, -0.2) is 35.4 Å². The summed E-state index contributed by atoms with van der Waals surface area (Å²) in [4.78, 5) is 13.9. The molecule has 0 aliphatic carbocycles. The first-order valence-corrected chi connectivity index (χ1v) is 9.15. The number of hydrogen-bond donors (Lipinski definition) is 1. The maximum Gasteiger partial charge on any atom is 0.320 e. The number of halogens is 1. The van der Waals surface area contributed by atoms with E-state index in [9.17, 15) is 9.90 Å². The van der Waals surface area contributed by atoms with Gasteiger partial charge in [0.05, 0.1) is 6.04 Å². The van der Waals surface area contributed by atoms with Gasteiger partial charge < -0.3 is 14.6 Å². The largest absolute Gasteiger partial charge is 0.480 e. The van der Waals surface area contributed by atoms with Gasteiger partial charge in [0.2, 0.25) is 6.79 Å². The van der Waals surface area contributed by atoms with Gasteiger partial charge in [-0.2, -0.15) is 0 Å². The number of likely N-dealkylation sites (tertiary alicyclic amines) is 1. The van der Waals surface area contributed by atoms with E-state index in [-0.39, 0.29) is 12.8 Å². The number of hydrogen-bond acceptors (Lipinski definition) is 4. The van der Waals surface area contributed by atoms with Crippen molar-refractivity contribution in [3.63, 3.8) is 0 Å². The van der Waals surface area contributed by atoms with Crippen LogP contribution in [0.15, 0.2) is 42.5 Å². The predicted octanol–water partition coefficient (Wildman–Crippen LogP) is 4.10. The normalized spacial score (nSPS) is 20.7. The number of carboxylic acid groups (broad SMARTS) is 1. The molecule has 0 amide bonds. The van der Waals surface area contributed by atoms with E-state index < -0.39 is 12.0 Å². The molecule has 0 saturated carbocycles. The summed E-state index contributed by atoms with van der Waals surface area (Å²) in [6.07, 6.45) is 2.57. The van der Waals surface area contributed by atoms with Crippen LogP contribution < -0.4 is 9.47 Å². The molecule has 1 saturated heterocycles. The third-order valence-electron chi connectivity index (χ3n) is 5.06. The Kier molecular flexibility index (Phi) is 4.74. The number of piperidine rings is 1. The summed E-state index contributed by atoms with van der Waals surface area (Å²) in [5.41, 5.74) is 2.01. The highest BCUT2D eigenvalue weighted by molar-refractivity contribution is 6.30. The Balaban J connectivity index is 1.78. The molecule has 2 aromatic rings. The van der Waals surface area contributed by atoms with E-state index in [2.05, 4.69) is 4.90 Å². The molecule has 2 aromatic carbocycles. The lowest BCUT2D eigenvalue weighted by Gasteiger charge is -2.39. The zero-order valence-corrected chi connectivity index (χ0v) is 15.0. The maximum atomic E-state index is 11.9. The minimum absolute atomic E-state index is 0.178. The molecule has 26 heavy (non-hydrogen) atoms. The molecule has 0 spiro atoms. The lowest BCUT2D eigenvalue weighted by molar-refractivity contribution is -0.145.